The fraction of sp³-hybridized carbons (Fsp3) is 0.207. The van der Waals surface area contributed by atoms with Crippen molar-refractivity contribution in [3.8, 4) is 11.5 Å². The number of carbonyl (C=O) groups is 1. The standard InChI is InChI=1S/C29H27BrN4O4/c1-18-9-11-21(12-10-18)15-37-27-23(30)13-22(14-24(27)36-3)26-25(19(2)33-29-31-17-32-34(26)29)28(35)38-16-20-7-5-4-6-8-20/h4-14,17,26H,15-16H2,1-3H3,(H,31,32,33). The van der Waals surface area contributed by atoms with Crippen LogP contribution in [0, 0.1) is 6.92 Å². The summed E-state index contributed by atoms with van der Waals surface area (Å²) in [6.45, 7) is 4.42. The number of benzene rings is 3. The molecule has 0 saturated carbocycles. The Hall–Kier alpha value is -4.11. The maximum atomic E-state index is 13.4. The predicted octanol–water partition coefficient (Wildman–Crippen LogP) is 5.97. The van der Waals surface area contributed by atoms with Crippen LogP contribution in [0.15, 0.2) is 88.8 Å². The van der Waals surface area contributed by atoms with Crippen LogP contribution >= 0.6 is 15.9 Å². The average Bonchev–Trinajstić information content (AvgIpc) is 3.39. The first-order valence-electron chi connectivity index (χ1n) is 12.1. The lowest BCUT2D eigenvalue weighted by Gasteiger charge is -2.29. The molecule has 1 atom stereocenters. The third-order valence-electron chi connectivity index (χ3n) is 6.30. The number of aryl methyl sites for hydroxylation is 1. The van der Waals surface area contributed by atoms with Crippen molar-refractivity contribution in [3.63, 3.8) is 0 Å². The first-order valence-corrected chi connectivity index (χ1v) is 12.9. The molecule has 5 rings (SSSR count). The van der Waals surface area contributed by atoms with Gasteiger partial charge >= 0.3 is 5.97 Å². The molecule has 0 aliphatic carbocycles. The van der Waals surface area contributed by atoms with Gasteiger partial charge in [0, 0.05) is 5.70 Å². The van der Waals surface area contributed by atoms with Crippen LogP contribution in [0.2, 0.25) is 0 Å². The van der Waals surface area contributed by atoms with Gasteiger partial charge in [-0.1, -0.05) is 60.2 Å². The van der Waals surface area contributed by atoms with E-state index in [2.05, 4.69) is 31.3 Å². The number of rotatable bonds is 8. The number of nitrogens with one attached hydrogen (secondary N) is 1. The van der Waals surface area contributed by atoms with Crippen LogP contribution in [0.25, 0.3) is 0 Å². The number of fused-ring (bicyclic) bond motifs is 1. The van der Waals surface area contributed by atoms with Crippen LogP contribution in [-0.4, -0.2) is 27.8 Å². The van der Waals surface area contributed by atoms with Crippen molar-refractivity contribution in [1.29, 1.82) is 0 Å². The lowest BCUT2D eigenvalue weighted by atomic mass is 9.95. The van der Waals surface area contributed by atoms with Gasteiger partial charge in [0.15, 0.2) is 11.5 Å². The molecular formula is C29H27BrN4O4. The molecule has 0 spiro atoms. The van der Waals surface area contributed by atoms with E-state index in [1.54, 1.807) is 11.8 Å². The largest absolute Gasteiger partial charge is 0.493 e. The summed E-state index contributed by atoms with van der Waals surface area (Å²) in [6, 6.07) is 20.9. The van der Waals surface area contributed by atoms with Gasteiger partial charge in [-0.25, -0.2) is 9.48 Å². The normalized spacial score (nSPS) is 14.5. The van der Waals surface area contributed by atoms with Gasteiger partial charge < -0.3 is 19.5 Å². The molecule has 0 amide bonds. The Kier molecular flexibility index (Phi) is 7.46. The number of methoxy groups -OCH3 is 1. The molecule has 9 heteroatoms. The highest BCUT2D eigenvalue weighted by Crippen LogP contribution is 2.43. The number of hydrogen-bond donors (Lipinski definition) is 1. The Balaban J connectivity index is 1.47. The monoisotopic (exact) mass is 574 g/mol. The fourth-order valence-electron chi connectivity index (χ4n) is 4.34. The minimum atomic E-state index is -0.589. The second-order valence-corrected chi connectivity index (χ2v) is 9.82. The molecule has 194 valence electrons. The zero-order chi connectivity index (χ0) is 26.6. The Morgan fingerprint density at radius 3 is 2.50 bits per heavy atom. The van der Waals surface area contributed by atoms with Crippen LogP contribution in [0.1, 0.15) is 35.2 Å². The summed E-state index contributed by atoms with van der Waals surface area (Å²) >= 11 is 3.66. The van der Waals surface area contributed by atoms with Crippen LogP contribution in [-0.2, 0) is 22.7 Å². The van der Waals surface area contributed by atoms with Crippen molar-refractivity contribution in [1.82, 2.24) is 14.8 Å². The molecule has 38 heavy (non-hydrogen) atoms. The van der Waals surface area contributed by atoms with Crippen LogP contribution in [0.5, 0.6) is 11.5 Å². The topological polar surface area (TPSA) is 87.5 Å². The number of anilines is 1. The number of allylic oxidation sites excluding steroid dienone is 1. The van der Waals surface area contributed by atoms with Gasteiger partial charge in [0.25, 0.3) is 0 Å². The molecule has 1 unspecified atom stereocenters. The molecule has 1 N–H and O–H groups in total. The molecule has 4 aromatic rings. The molecule has 0 radical (unpaired) electrons. The molecule has 2 heterocycles. The third kappa shape index (κ3) is 5.28. The molecule has 1 aromatic heterocycles. The number of halogens is 1. The van der Waals surface area contributed by atoms with E-state index < -0.39 is 12.0 Å². The molecule has 1 aliphatic heterocycles. The van der Waals surface area contributed by atoms with Crippen molar-refractivity contribution in [3.05, 3.63) is 111 Å². The number of hydrogen-bond acceptors (Lipinski definition) is 7. The summed E-state index contributed by atoms with van der Waals surface area (Å²) < 4.78 is 19.9. The summed E-state index contributed by atoms with van der Waals surface area (Å²) in [7, 11) is 1.59. The summed E-state index contributed by atoms with van der Waals surface area (Å²) in [5, 5.41) is 7.57. The summed E-state index contributed by atoms with van der Waals surface area (Å²) in [5.74, 6) is 1.18. The van der Waals surface area contributed by atoms with E-state index in [0.29, 0.717) is 39.8 Å². The summed E-state index contributed by atoms with van der Waals surface area (Å²) in [5.41, 5.74) is 4.97. The van der Waals surface area contributed by atoms with Gasteiger partial charge in [0.2, 0.25) is 5.95 Å². The molecule has 1 aliphatic rings. The average molecular weight is 575 g/mol. The number of carbonyl (C=O) groups excluding carboxylic acids is 1. The smallest absolute Gasteiger partial charge is 0.338 e. The second kappa shape index (κ2) is 11.1. The molecule has 3 aromatic carbocycles. The highest BCUT2D eigenvalue weighted by molar-refractivity contribution is 9.10. The molecule has 8 nitrogen and oxygen atoms in total. The SMILES string of the molecule is COc1cc(C2C(C(=O)OCc3ccccc3)=C(C)Nc3ncnn32)cc(Br)c1OCc1ccc(C)cc1. The number of esters is 1. The van der Waals surface area contributed by atoms with E-state index in [0.717, 1.165) is 16.7 Å². The third-order valence-corrected chi connectivity index (χ3v) is 6.89. The van der Waals surface area contributed by atoms with E-state index >= 15 is 0 Å². The lowest BCUT2D eigenvalue weighted by molar-refractivity contribution is -0.140. The zero-order valence-electron chi connectivity index (χ0n) is 21.3. The van der Waals surface area contributed by atoms with Crippen LogP contribution < -0.4 is 14.8 Å². The Morgan fingerprint density at radius 1 is 1.03 bits per heavy atom. The van der Waals surface area contributed by atoms with Gasteiger partial charge in [0.05, 0.1) is 17.2 Å². The van der Waals surface area contributed by atoms with Crippen molar-refractivity contribution >= 4 is 27.8 Å². The maximum Gasteiger partial charge on any atom is 0.338 e. The Bertz CT molecular complexity index is 1480. The van der Waals surface area contributed by atoms with Gasteiger partial charge in [0.1, 0.15) is 25.6 Å². The molecule has 0 fully saturated rings. The number of nitrogens with zero attached hydrogens (tertiary/aromatic N) is 3. The van der Waals surface area contributed by atoms with Gasteiger partial charge in [-0.15, -0.1) is 0 Å². The Labute approximate surface area is 229 Å². The summed E-state index contributed by atoms with van der Waals surface area (Å²) in [4.78, 5) is 17.7. The number of aromatic nitrogens is 3. The van der Waals surface area contributed by atoms with E-state index in [4.69, 9.17) is 14.2 Å². The predicted molar refractivity (Wildman–Crippen MR) is 147 cm³/mol. The van der Waals surface area contributed by atoms with Gasteiger partial charge in [-0.2, -0.15) is 10.1 Å². The first-order chi connectivity index (χ1) is 18.4. The minimum absolute atomic E-state index is 0.159. The maximum absolute atomic E-state index is 13.4. The van der Waals surface area contributed by atoms with Gasteiger partial charge in [-0.3, -0.25) is 0 Å². The zero-order valence-corrected chi connectivity index (χ0v) is 22.9. The lowest BCUT2D eigenvalue weighted by Crippen LogP contribution is -2.29. The first kappa shape index (κ1) is 25.5. The molecule has 0 bridgehead atoms. The summed E-state index contributed by atoms with van der Waals surface area (Å²) in [6.07, 6.45) is 1.45. The highest BCUT2D eigenvalue weighted by atomic mass is 79.9. The highest BCUT2D eigenvalue weighted by Gasteiger charge is 2.35. The van der Waals surface area contributed by atoms with E-state index in [-0.39, 0.29) is 6.61 Å². The van der Waals surface area contributed by atoms with Crippen LogP contribution in [0.3, 0.4) is 0 Å². The number of ether oxygens (including phenoxy) is 3. The van der Waals surface area contributed by atoms with Gasteiger partial charge in [-0.05, 0) is 58.6 Å². The van der Waals surface area contributed by atoms with E-state index in [1.165, 1.54) is 11.9 Å². The Morgan fingerprint density at radius 2 is 1.76 bits per heavy atom. The minimum Gasteiger partial charge on any atom is -0.493 e. The van der Waals surface area contributed by atoms with Crippen LogP contribution in [0.4, 0.5) is 5.95 Å². The quantitative estimate of drug-likeness (QED) is 0.259. The van der Waals surface area contributed by atoms with Crippen molar-refractivity contribution in [2.24, 2.45) is 0 Å². The molecular weight excluding hydrogens is 548 g/mol. The second-order valence-electron chi connectivity index (χ2n) is 8.96. The fourth-order valence-corrected chi connectivity index (χ4v) is 4.92. The van der Waals surface area contributed by atoms with E-state index in [9.17, 15) is 4.79 Å². The van der Waals surface area contributed by atoms with E-state index in [1.807, 2.05) is 80.6 Å². The van der Waals surface area contributed by atoms with Crippen molar-refractivity contribution in [2.75, 3.05) is 12.4 Å². The molecule has 0 saturated heterocycles. The van der Waals surface area contributed by atoms with Crippen molar-refractivity contribution in [2.45, 2.75) is 33.1 Å². The van der Waals surface area contributed by atoms with Crippen molar-refractivity contribution < 1.29 is 19.0 Å².